The summed E-state index contributed by atoms with van der Waals surface area (Å²) in [5.74, 6) is 0.481. The fourth-order valence-electron chi connectivity index (χ4n) is 2.23. The van der Waals surface area contributed by atoms with E-state index in [1.807, 2.05) is 55.0 Å². The first-order valence-corrected chi connectivity index (χ1v) is 10.3. The van der Waals surface area contributed by atoms with Gasteiger partial charge in [-0.05, 0) is 65.4 Å². The number of amides is 1. The number of thiophene rings is 1. The van der Waals surface area contributed by atoms with E-state index >= 15 is 0 Å². The predicted molar refractivity (Wildman–Crippen MR) is 109 cm³/mol. The highest BCUT2D eigenvalue weighted by atomic mass is 127. The lowest BCUT2D eigenvalue weighted by Crippen LogP contribution is -2.17. The number of nitrogens with one attached hydrogen (secondary N) is 1. The van der Waals surface area contributed by atoms with E-state index in [4.69, 9.17) is 0 Å². The molecule has 2 aromatic heterocycles. The molecule has 0 aliphatic rings. The molecule has 0 fully saturated rings. The van der Waals surface area contributed by atoms with Gasteiger partial charge in [0.2, 0.25) is 0 Å². The third-order valence-corrected chi connectivity index (χ3v) is 5.52. The molecular formula is C17H14IN3OS2. The fourth-order valence-corrected chi connectivity index (χ4v) is 4.05. The van der Waals surface area contributed by atoms with Gasteiger partial charge >= 0.3 is 0 Å². The molecule has 0 radical (unpaired) electrons. The Morgan fingerprint density at radius 3 is 2.75 bits per heavy atom. The Kier molecular flexibility index (Phi) is 5.52. The Bertz CT molecular complexity index is 882. The van der Waals surface area contributed by atoms with Gasteiger partial charge in [-0.15, -0.1) is 23.1 Å². The smallest absolute Gasteiger partial charge is 0.260 e. The van der Waals surface area contributed by atoms with Crippen molar-refractivity contribution in [2.24, 2.45) is 0 Å². The van der Waals surface area contributed by atoms with Crippen LogP contribution in [0, 0.1) is 10.5 Å². The van der Waals surface area contributed by atoms with Gasteiger partial charge in [-0.1, -0.05) is 12.1 Å². The molecular weight excluding hydrogens is 453 g/mol. The molecule has 24 heavy (non-hydrogen) atoms. The van der Waals surface area contributed by atoms with Crippen LogP contribution in [0.15, 0.2) is 46.8 Å². The van der Waals surface area contributed by atoms with Gasteiger partial charge in [0.05, 0.1) is 16.1 Å². The molecule has 3 rings (SSSR count). The molecule has 0 saturated carbocycles. The van der Waals surface area contributed by atoms with Gasteiger partial charge in [-0.3, -0.25) is 4.79 Å². The summed E-state index contributed by atoms with van der Waals surface area (Å²) >= 11 is 5.26. The Morgan fingerprint density at radius 2 is 2.08 bits per heavy atom. The summed E-state index contributed by atoms with van der Waals surface area (Å²) < 4.78 is 1.07. The van der Waals surface area contributed by atoms with Crippen LogP contribution in [0.4, 0.5) is 5.69 Å². The highest BCUT2D eigenvalue weighted by Crippen LogP contribution is 2.28. The number of aryl methyl sites for hydroxylation is 1. The van der Waals surface area contributed by atoms with E-state index in [0.29, 0.717) is 22.1 Å². The van der Waals surface area contributed by atoms with Crippen molar-refractivity contribution in [3.05, 3.63) is 56.6 Å². The van der Waals surface area contributed by atoms with E-state index < -0.39 is 0 Å². The molecule has 0 aliphatic carbocycles. The zero-order valence-electron chi connectivity index (χ0n) is 13.0. The van der Waals surface area contributed by atoms with Crippen molar-refractivity contribution in [3.8, 4) is 10.7 Å². The van der Waals surface area contributed by atoms with E-state index in [2.05, 4.69) is 37.9 Å². The first-order valence-electron chi connectivity index (χ1n) is 7.12. The normalized spacial score (nSPS) is 10.6. The van der Waals surface area contributed by atoms with Crippen LogP contribution in [-0.4, -0.2) is 22.1 Å². The summed E-state index contributed by atoms with van der Waals surface area (Å²) in [5.41, 5.74) is 1.98. The minimum atomic E-state index is -0.184. The lowest BCUT2D eigenvalue weighted by molar-refractivity contribution is 0.102. The minimum Gasteiger partial charge on any atom is -0.322 e. The number of benzene rings is 1. The number of rotatable bonds is 4. The molecule has 1 aromatic carbocycles. The van der Waals surface area contributed by atoms with E-state index in [1.54, 1.807) is 11.3 Å². The SMILES string of the molecule is CSc1nc(-c2cccs2)nc(C)c1C(=O)Nc1cccc(I)c1. The molecule has 0 atom stereocenters. The first-order chi connectivity index (χ1) is 11.6. The third kappa shape index (κ3) is 3.79. The highest BCUT2D eigenvalue weighted by Gasteiger charge is 2.19. The molecule has 0 saturated heterocycles. The van der Waals surface area contributed by atoms with Crippen LogP contribution in [0.2, 0.25) is 0 Å². The van der Waals surface area contributed by atoms with Crippen molar-refractivity contribution < 1.29 is 4.79 Å². The fraction of sp³-hybridized carbons (Fsp3) is 0.118. The molecule has 3 aromatic rings. The van der Waals surface area contributed by atoms with Crippen molar-refractivity contribution in [2.45, 2.75) is 11.9 Å². The molecule has 0 spiro atoms. The number of anilines is 1. The highest BCUT2D eigenvalue weighted by molar-refractivity contribution is 14.1. The van der Waals surface area contributed by atoms with Crippen molar-refractivity contribution in [1.82, 2.24) is 9.97 Å². The number of thioether (sulfide) groups is 1. The Balaban J connectivity index is 1.96. The van der Waals surface area contributed by atoms with Crippen LogP contribution in [0.3, 0.4) is 0 Å². The van der Waals surface area contributed by atoms with Crippen molar-refractivity contribution in [3.63, 3.8) is 0 Å². The second-order valence-corrected chi connectivity index (χ2v) is 7.95. The number of hydrogen-bond donors (Lipinski definition) is 1. The molecule has 0 unspecified atom stereocenters. The van der Waals surface area contributed by atoms with Crippen molar-refractivity contribution in [1.29, 1.82) is 0 Å². The number of aromatic nitrogens is 2. The van der Waals surface area contributed by atoms with Gasteiger partial charge in [0.1, 0.15) is 5.03 Å². The minimum absolute atomic E-state index is 0.184. The van der Waals surface area contributed by atoms with Gasteiger partial charge < -0.3 is 5.32 Å². The lowest BCUT2D eigenvalue weighted by Gasteiger charge is -2.12. The van der Waals surface area contributed by atoms with Crippen LogP contribution in [0.5, 0.6) is 0 Å². The van der Waals surface area contributed by atoms with E-state index in [-0.39, 0.29) is 5.91 Å². The van der Waals surface area contributed by atoms with Gasteiger partial charge in [0, 0.05) is 9.26 Å². The Labute approximate surface area is 162 Å². The summed E-state index contributed by atoms with van der Waals surface area (Å²) in [6, 6.07) is 11.6. The Hall–Kier alpha value is -1.45. The number of carbonyl (C=O) groups excluding carboxylic acids is 1. The second kappa shape index (κ2) is 7.62. The summed E-state index contributed by atoms with van der Waals surface area (Å²) in [6.07, 6.45) is 1.92. The summed E-state index contributed by atoms with van der Waals surface area (Å²) in [7, 11) is 0. The van der Waals surface area contributed by atoms with Crippen LogP contribution in [0.25, 0.3) is 10.7 Å². The molecule has 7 heteroatoms. The molecule has 0 bridgehead atoms. The quantitative estimate of drug-likeness (QED) is 0.330. The lowest BCUT2D eigenvalue weighted by atomic mass is 10.2. The van der Waals surface area contributed by atoms with Crippen LogP contribution < -0.4 is 5.32 Å². The molecule has 2 heterocycles. The second-order valence-electron chi connectivity index (χ2n) is 4.96. The average Bonchev–Trinajstić information content (AvgIpc) is 3.08. The van der Waals surface area contributed by atoms with Gasteiger partial charge in [-0.25, -0.2) is 9.97 Å². The van der Waals surface area contributed by atoms with Crippen molar-refractivity contribution >= 4 is 57.3 Å². The maximum Gasteiger partial charge on any atom is 0.260 e. The monoisotopic (exact) mass is 467 g/mol. The molecule has 0 aliphatic heterocycles. The first kappa shape index (κ1) is 17.4. The zero-order chi connectivity index (χ0) is 17.1. The zero-order valence-corrected chi connectivity index (χ0v) is 16.8. The van der Waals surface area contributed by atoms with Crippen LogP contribution in [-0.2, 0) is 0 Å². The number of halogens is 1. The van der Waals surface area contributed by atoms with Gasteiger partial charge in [0.25, 0.3) is 5.91 Å². The van der Waals surface area contributed by atoms with E-state index in [1.165, 1.54) is 11.8 Å². The predicted octanol–water partition coefficient (Wildman–Crippen LogP) is 5.09. The maximum absolute atomic E-state index is 12.7. The van der Waals surface area contributed by atoms with E-state index in [9.17, 15) is 4.79 Å². The maximum atomic E-state index is 12.7. The van der Waals surface area contributed by atoms with Crippen molar-refractivity contribution in [2.75, 3.05) is 11.6 Å². The Morgan fingerprint density at radius 1 is 1.25 bits per heavy atom. The summed E-state index contributed by atoms with van der Waals surface area (Å²) in [4.78, 5) is 22.8. The number of nitrogens with zero attached hydrogens (tertiary/aromatic N) is 2. The molecule has 4 nitrogen and oxygen atoms in total. The van der Waals surface area contributed by atoms with Crippen LogP contribution >= 0.6 is 45.7 Å². The molecule has 1 amide bonds. The molecule has 122 valence electrons. The van der Waals surface area contributed by atoms with Gasteiger partial charge in [0.15, 0.2) is 5.82 Å². The number of hydrogen-bond acceptors (Lipinski definition) is 5. The summed E-state index contributed by atoms with van der Waals surface area (Å²) in [5, 5.41) is 5.61. The largest absolute Gasteiger partial charge is 0.322 e. The van der Waals surface area contributed by atoms with E-state index in [0.717, 1.165) is 14.1 Å². The number of carbonyl (C=O) groups is 1. The van der Waals surface area contributed by atoms with Gasteiger partial charge in [-0.2, -0.15) is 0 Å². The third-order valence-electron chi connectivity index (χ3n) is 3.30. The van der Waals surface area contributed by atoms with Crippen LogP contribution in [0.1, 0.15) is 16.1 Å². The standard InChI is InChI=1S/C17H14IN3OS2/c1-10-14(16(22)20-12-6-3-5-11(18)9-12)17(23-2)21-15(19-10)13-7-4-8-24-13/h3-9H,1-2H3,(H,20,22). The molecule has 1 N–H and O–H groups in total. The topological polar surface area (TPSA) is 54.9 Å². The summed E-state index contributed by atoms with van der Waals surface area (Å²) in [6.45, 7) is 1.85. The average molecular weight is 467 g/mol.